The number of benzene rings is 1. The molecule has 1 aromatic carbocycles. The molecule has 3 nitrogen and oxygen atoms in total. The molecule has 0 saturated carbocycles. The van der Waals surface area contributed by atoms with Crippen molar-refractivity contribution >= 4 is 5.69 Å². The molecule has 0 bridgehead atoms. The molecule has 100 valence electrons. The van der Waals surface area contributed by atoms with Crippen molar-refractivity contribution in [1.29, 1.82) is 0 Å². The van der Waals surface area contributed by atoms with E-state index in [4.69, 9.17) is 5.73 Å². The fraction of sp³-hybridized carbons (Fsp3) is 0.600. The lowest BCUT2D eigenvalue weighted by molar-refractivity contribution is 0.360. The normalized spacial score (nSPS) is 17.8. The summed E-state index contributed by atoms with van der Waals surface area (Å²) in [5.74, 6) is 0. The van der Waals surface area contributed by atoms with E-state index >= 15 is 0 Å². The van der Waals surface area contributed by atoms with E-state index in [2.05, 4.69) is 42.0 Å². The monoisotopic (exact) mass is 247 g/mol. The highest BCUT2D eigenvalue weighted by Crippen LogP contribution is 2.23. The summed E-state index contributed by atoms with van der Waals surface area (Å²) in [6.45, 7) is 7.51. The third kappa shape index (κ3) is 3.24. The van der Waals surface area contributed by atoms with Crippen LogP contribution in [0.15, 0.2) is 18.2 Å². The number of anilines is 1. The van der Waals surface area contributed by atoms with Gasteiger partial charge in [-0.15, -0.1) is 0 Å². The molecule has 2 rings (SSSR count). The Morgan fingerprint density at radius 2 is 2.00 bits per heavy atom. The van der Waals surface area contributed by atoms with E-state index in [1.54, 1.807) is 0 Å². The summed E-state index contributed by atoms with van der Waals surface area (Å²) in [5, 5.41) is 0. The maximum Gasteiger partial charge on any atom is 0.0399 e. The van der Waals surface area contributed by atoms with Gasteiger partial charge in [0.2, 0.25) is 0 Å². The van der Waals surface area contributed by atoms with Crippen LogP contribution in [0.1, 0.15) is 17.5 Å². The van der Waals surface area contributed by atoms with Crippen LogP contribution < -0.4 is 10.6 Å². The molecule has 18 heavy (non-hydrogen) atoms. The standard InChI is InChI=1S/C15H25N3/c1-13-4-5-15(14(12-13)6-7-16)18-9-3-8-17(2)10-11-18/h4-5,12H,3,6-11,16H2,1-2H3. The van der Waals surface area contributed by atoms with Crippen molar-refractivity contribution in [3.8, 4) is 0 Å². The molecule has 1 saturated heterocycles. The number of hydrogen-bond acceptors (Lipinski definition) is 3. The molecular weight excluding hydrogens is 222 g/mol. The maximum absolute atomic E-state index is 5.74. The van der Waals surface area contributed by atoms with E-state index < -0.39 is 0 Å². The van der Waals surface area contributed by atoms with E-state index in [0.29, 0.717) is 0 Å². The Morgan fingerprint density at radius 1 is 1.17 bits per heavy atom. The first-order chi connectivity index (χ1) is 8.70. The van der Waals surface area contributed by atoms with Crippen LogP contribution in [0, 0.1) is 6.92 Å². The minimum absolute atomic E-state index is 0.726. The summed E-state index contributed by atoms with van der Waals surface area (Å²) < 4.78 is 0. The molecule has 1 aliphatic heterocycles. The van der Waals surface area contributed by atoms with Crippen molar-refractivity contribution in [3.05, 3.63) is 29.3 Å². The number of nitrogens with two attached hydrogens (primary N) is 1. The summed E-state index contributed by atoms with van der Waals surface area (Å²) in [7, 11) is 2.21. The minimum Gasteiger partial charge on any atom is -0.370 e. The SMILES string of the molecule is Cc1ccc(N2CCCN(C)CC2)c(CCN)c1. The average Bonchev–Trinajstić information content (AvgIpc) is 2.55. The van der Waals surface area contributed by atoms with Gasteiger partial charge in [-0.2, -0.15) is 0 Å². The highest BCUT2D eigenvalue weighted by molar-refractivity contribution is 5.55. The minimum atomic E-state index is 0.726. The maximum atomic E-state index is 5.74. The number of aryl methyl sites for hydroxylation is 1. The predicted octanol–water partition coefficient (Wildman–Crippen LogP) is 1.64. The molecule has 0 amide bonds. The second kappa shape index (κ2) is 6.21. The fourth-order valence-electron chi connectivity index (χ4n) is 2.67. The molecule has 0 atom stereocenters. The van der Waals surface area contributed by atoms with Gasteiger partial charge in [0.05, 0.1) is 0 Å². The van der Waals surface area contributed by atoms with Crippen LogP contribution in [0.25, 0.3) is 0 Å². The van der Waals surface area contributed by atoms with Crippen LogP contribution in [0.5, 0.6) is 0 Å². The first-order valence-electron chi connectivity index (χ1n) is 6.94. The molecule has 2 N–H and O–H groups in total. The topological polar surface area (TPSA) is 32.5 Å². The zero-order valence-corrected chi connectivity index (χ0v) is 11.7. The van der Waals surface area contributed by atoms with Crippen LogP contribution >= 0.6 is 0 Å². The van der Waals surface area contributed by atoms with Gasteiger partial charge in [0.25, 0.3) is 0 Å². The van der Waals surface area contributed by atoms with Crippen molar-refractivity contribution in [2.45, 2.75) is 19.8 Å². The zero-order valence-electron chi connectivity index (χ0n) is 11.7. The largest absolute Gasteiger partial charge is 0.370 e. The molecule has 0 aromatic heterocycles. The van der Waals surface area contributed by atoms with Gasteiger partial charge >= 0.3 is 0 Å². The Balaban J connectivity index is 2.20. The van der Waals surface area contributed by atoms with Crippen molar-refractivity contribution < 1.29 is 0 Å². The highest BCUT2D eigenvalue weighted by atomic mass is 15.2. The van der Waals surface area contributed by atoms with Crippen molar-refractivity contribution in [1.82, 2.24) is 4.90 Å². The average molecular weight is 247 g/mol. The van der Waals surface area contributed by atoms with Gasteiger partial charge in [-0.25, -0.2) is 0 Å². The third-order valence-corrected chi connectivity index (χ3v) is 3.71. The van der Waals surface area contributed by atoms with Crippen LogP contribution in [-0.4, -0.2) is 44.7 Å². The Labute approximate surface area is 111 Å². The highest BCUT2D eigenvalue weighted by Gasteiger charge is 2.15. The number of hydrogen-bond donors (Lipinski definition) is 1. The van der Waals surface area contributed by atoms with Crippen LogP contribution in [0.4, 0.5) is 5.69 Å². The zero-order chi connectivity index (χ0) is 13.0. The molecule has 0 spiro atoms. The molecule has 1 aliphatic rings. The van der Waals surface area contributed by atoms with E-state index in [1.807, 2.05) is 0 Å². The van der Waals surface area contributed by atoms with Crippen molar-refractivity contribution in [2.24, 2.45) is 5.73 Å². The predicted molar refractivity (Wildman–Crippen MR) is 78.3 cm³/mol. The summed E-state index contributed by atoms with van der Waals surface area (Å²) in [5.41, 5.74) is 9.86. The van der Waals surface area contributed by atoms with Crippen molar-refractivity contribution in [3.63, 3.8) is 0 Å². The molecule has 1 aromatic rings. The summed E-state index contributed by atoms with van der Waals surface area (Å²) in [6, 6.07) is 6.77. The Hall–Kier alpha value is -1.06. The van der Waals surface area contributed by atoms with Gasteiger partial charge in [0.1, 0.15) is 0 Å². The van der Waals surface area contributed by atoms with E-state index in [9.17, 15) is 0 Å². The van der Waals surface area contributed by atoms with Crippen LogP contribution in [0.2, 0.25) is 0 Å². The second-order valence-electron chi connectivity index (χ2n) is 5.31. The number of rotatable bonds is 3. The molecule has 0 unspecified atom stereocenters. The van der Waals surface area contributed by atoms with Crippen LogP contribution in [-0.2, 0) is 6.42 Å². The lowest BCUT2D eigenvalue weighted by Crippen LogP contribution is -2.29. The van der Waals surface area contributed by atoms with E-state index in [1.165, 1.54) is 29.8 Å². The molecule has 1 fully saturated rings. The van der Waals surface area contributed by atoms with Gasteiger partial charge in [-0.1, -0.05) is 17.7 Å². The van der Waals surface area contributed by atoms with Gasteiger partial charge < -0.3 is 15.5 Å². The first kappa shape index (κ1) is 13.4. The molecule has 3 heteroatoms. The summed E-state index contributed by atoms with van der Waals surface area (Å²) in [4.78, 5) is 4.94. The molecule has 1 heterocycles. The lowest BCUT2D eigenvalue weighted by Gasteiger charge is -2.26. The number of likely N-dealkylation sites (N-methyl/N-ethyl adjacent to an activating group) is 1. The molecule has 0 aliphatic carbocycles. The van der Waals surface area contributed by atoms with Gasteiger partial charge in [0.15, 0.2) is 0 Å². The Morgan fingerprint density at radius 3 is 2.78 bits per heavy atom. The van der Waals surface area contributed by atoms with E-state index in [-0.39, 0.29) is 0 Å². The Kier molecular flexibility index (Phi) is 4.61. The number of nitrogens with zero attached hydrogens (tertiary/aromatic N) is 2. The summed E-state index contributed by atoms with van der Waals surface area (Å²) >= 11 is 0. The molecule has 0 radical (unpaired) electrons. The van der Waals surface area contributed by atoms with Gasteiger partial charge in [-0.3, -0.25) is 0 Å². The smallest absolute Gasteiger partial charge is 0.0399 e. The quantitative estimate of drug-likeness (QED) is 0.881. The first-order valence-corrected chi connectivity index (χ1v) is 6.94. The van der Waals surface area contributed by atoms with Crippen LogP contribution in [0.3, 0.4) is 0 Å². The summed E-state index contributed by atoms with van der Waals surface area (Å²) in [6.07, 6.45) is 2.22. The molecular formula is C15H25N3. The van der Waals surface area contributed by atoms with Gasteiger partial charge in [0, 0.05) is 25.3 Å². The second-order valence-corrected chi connectivity index (χ2v) is 5.31. The Bertz CT molecular complexity index is 389. The lowest BCUT2D eigenvalue weighted by atomic mass is 10.1. The van der Waals surface area contributed by atoms with Gasteiger partial charge in [-0.05, 0) is 51.5 Å². The third-order valence-electron chi connectivity index (χ3n) is 3.71. The van der Waals surface area contributed by atoms with E-state index in [0.717, 1.165) is 32.6 Å². The van der Waals surface area contributed by atoms with Crippen molar-refractivity contribution in [2.75, 3.05) is 44.7 Å². The fourth-order valence-corrected chi connectivity index (χ4v) is 2.67.